The summed E-state index contributed by atoms with van der Waals surface area (Å²) in [5, 5.41) is 26.0. The number of fused-ring (bicyclic) bond motifs is 2. The molecule has 1 saturated carbocycles. The van der Waals surface area contributed by atoms with Crippen LogP contribution in [0.15, 0.2) is 35.5 Å². The summed E-state index contributed by atoms with van der Waals surface area (Å²) in [6.07, 6.45) is -1.02. The quantitative estimate of drug-likeness (QED) is 0.812. The van der Waals surface area contributed by atoms with Gasteiger partial charge in [-0.25, -0.2) is 5.01 Å². The molecule has 7 heteroatoms. The lowest BCUT2D eigenvalue weighted by atomic mass is 9.87. The molecular formula is C21H23N3O4. The van der Waals surface area contributed by atoms with Crippen LogP contribution in [0.5, 0.6) is 5.75 Å². The van der Waals surface area contributed by atoms with Crippen LogP contribution in [0.1, 0.15) is 44.4 Å². The number of rotatable bonds is 3. The van der Waals surface area contributed by atoms with E-state index in [0.717, 1.165) is 5.57 Å². The Labute approximate surface area is 163 Å². The monoisotopic (exact) mass is 381 g/mol. The van der Waals surface area contributed by atoms with Gasteiger partial charge in [0.1, 0.15) is 17.5 Å². The molecule has 28 heavy (non-hydrogen) atoms. The minimum Gasteiger partial charge on any atom is -0.485 e. The van der Waals surface area contributed by atoms with Crippen molar-refractivity contribution in [3.63, 3.8) is 0 Å². The van der Waals surface area contributed by atoms with Crippen LogP contribution in [0.3, 0.4) is 0 Å². The van der Waals surface area contributed by atoms with Crippen molar-refractivity contribution >= 4 is 11.8 Å². The van der Waals surface area contributed by atoms with E-state index in [0.29, 0.717) is 35.7 Å². The van der Waals surface area contributed by atoms with E-state index in [2.05, 4.69) is 17.7 Å². The highest BCUT2D eigenvalue weighted by Gasteiger charge is 2.54. The maximum absolute atomic E-state index is 12.4. The third-order valence-corrected chi connectivity index (χ3v) is 5.38. The summed E-state index contributed by atoms with van der Waals surface area (Å²) in [5.74, 6) is 0.815. The fraction of sp³-hybridized carbons (Fsp3) is 0.476. The van der Waals surface area contributed by atoms with Gasteiger partial charge in [-0.1, -0.05) is 12.2 Å². The van der Waals surface area contributed by atoms with Crippen molar-refractivity contribution in [1.29, 1.82) is 5.26 Å². The topological polar surface area (TPSA) is 95.2 Å². The second kappa shape index (κ2) is 6.35. The zero-order chi connectivity index (χ0) is 20.2. The smallest absolute Gasteiger partial charge is 0.247 e. The van der Waals surface area contributed by atoms with E-state index in [9.17, 15) is 15.2 Å². The lowest BCUT2D eigenvalue weighted by Gasteiger charge is -2.42. The van der Waals surface area contributed by atoms with E-state index in [1.165, 1.54) is 5.01 Å². The largest absolute Gasteiger partial charge is 0.485 e. The van der Waals surface area contributed by atoms with E-state index >= 15 is 0 Å². The number of hydrazone groups is 1. The van der Waals surface area contributed by atoms with Crippen LogP contribution in [0.4, 0.5) is 0 Å². The summed E-state index contributed by atoms with van der Waals surface area (Å²) in [6.45, 7) is 9.60. The number of nitrogens with zero attached hydrogens (tertiary/aromatic N) is 3. The second-order valence-corrected chi connectivity index (χ2v) is 8.29. The number of carbonyl (C=O) groups excluding carboxylic acids is 1. The van der Waals surface area contributed by atoms with Crippen LogP contribution in [-0.2, 0) is 9.53 Å². The Morgan fingerprint density at radius 3 is 2.93 bits per heavy atom. The lowest BCUT2D eigenvalue weighted by molar-refractivity contribution is -0.134. The molecule has 0 unspecified atom stereocenters. The third-order valence-electron chi connectivity index (χ3n) is 5.38. The summed E-state index contributed by atoms with van der Waals surface area (Å²) in [4.78, 5) is 12.4. The Morgan fingerprint density at radius 1 is 1.50 bits per heavy atom. The summed E-state index contributed by atoms with van der Waals surface area (Å²) >= 11 is 0. The fourth-order valence-corrected chi connectivity index (χ4v) is 3.72. The molecule has 1 aromatic carbocycles. The highest BCUT2D eigenvalue weighted by Crippen LogP contribution is 2.48. The van der Waals surface area contributed by atoms with Crippen LogP contribution in [0.25, 0.3) is 0 Å². The predicted octanol–water partition coefficient (Wildman–Crippen LogP) is 2.52. The normalized spacial score (nSPS) is 29.6. The van der Waals surface area contributed by atoms with Crippen LogP contribution < -0.4 is 4.74 Å². The maximum atomic E-state index is 12.4. The minimum absolute atomic E-state index is 0.0135. The molecule has 1 N–H and O–H groups in total. The van der Waals surface area contributed by atoms with Crippen molar-refractivity contribution in [2.45, 2.75) is 45.0 Å². The highest BCUT2D eigenvalue weighted by atomic mass is 16.5. The average molecular weight is 381 g/mol. The predicted molar refractivity (Wildman–Crippen MR) is 101 cm³/mol. The van der Waals surface area contributed by atoms with Crippen LogP contribution in [-0.4, -0.2) is 40.2 Å². The van der Waals surface area contributed by atoms with E-state index in [4.69, 9.17) is 9.47 Å². The van der Waals surface area contributed by atoms with Crippen molar-refractivity contribution in [3.05, 3.63) is 41.5 Å². The first kappa shape index (κ1) is 18.5. The number of ether oxygens (including phenoxy) is 2. The van der Waals surface area contributed by atoms with Crippen LogP contribution in [0.2, 0.25) is 0 Å². The van der Waals surface area contributed by atoms with Crippen LogP contribution >= 0.6 is 0 Å². The molecule has 1 aromatic rings. The van der Waals surface area contributed by atoms with Gasteiger partial charge in [0.25, 0.3) is 0 Å². The molecule has 0 aromatic heterocycles. The molecule has 2 aliphatic heterocycles. The molecule has 4 atom stereocenters. The summed E-state index contributed by atoms with van der Waals surface area (Å²) in [7, 11) is 0. The van der Waals surface area contributed by atoms with Gasteiger partial charge in [0.15, 0.2) is 6.10 Å². The number of aliphatic hydroxyl groups is 1. The van der Waals surface area contributed by atoms with Gasteiger partial charge >= 0.3 is 0 Å². The van der Waals surface area contributed by atoms with E-state index < -0.39 is 17.8 Å². The molecule has 146 valence electrons. The Kier molecular flexibility index (Phi) is 4.20. The zero-order valence-corrected chi connectivity index (χ0v) is 16.2. The third kappa shape index (κ3) is 3.04. The molecule has 1 fully saturated rings. The van der Waals surface area contributed by atoms with Gasteiger partial charge in [0.2, 0.25) is 11.8 Å². The summed E-state index contributed by atoms with van der Waals surface area (Å²) in [5.41, 5.74) is 1.01. The molecule has 4 rings (SSSR count). The first-order valence-corrected chi connectivity index (χ1v) is 9.33. The molecule has 0 bridgehead atoms. The number of amides is 1. The standard InChI is InChI=1S/C21H23N3O4/c1-11(2)10-24-20(26)14-8-13(14)19(23-24)27-17-15-7-12(9-22)5-6-16(15)28-21(3,4)18(17)25/h5-7,13-14,17-18,25H,1,8,10H2,2-4H3/t13-,14+,17-,18+/m1/s1. The van der Waals surface area contributed by atoms with Crippen LogP contribution in [0, 0.1) is 23.2 Å². The first-order chi connectivity index (χ1) is 13.2. The van der Waals surface area contributed by atoms with Gasteiger partial charge in [-0.05, 0) is 45.4 Å². The molecule has 1 aliphatic carbocycles. The molecule has 2 heterocycles. The number of nitriles is 1. The molecule has 1 amide bonds. The highest BCUT2D eigenvalue weighted by molar-refractivity contribution is 5.96. The fourth-order valence-electron chi connectivity index (χ4n) is 3.72. The summed E-state index contributed by atoms with van der Waals surface area (Å²) < 4.78 is 12.1. The second-order valence-electron chi connectivity index (χ2n) is 8.29. The number of hydrogen-bond donors (Lipinski definition) is 1. The molecule has 0 spiro atoms. The zero-order valence-electron chi connectivity index (χ0n) is 16.2. The van der Waals surface area contributed by atoms with Gasteiger partial charge in [0, 0.05) is 11.5 Å². The Morgan fingerprint density at radius 2 is 2.25 bits per heavy atom. The molecule has 0 saturated heterocycles. The number of aliphatic hydroxyl groups excluding tert-OH is 1. The average Bonchev–Trinajstić information content (AvgIpc) is 3.43. The van der Waals surface area contributed by atoms with Crippen molar-refractivity contribution < 1.29 is 19.4 Å². The minimum atomic E-state index is -0.971. The van der Waals surface area contributed by atoms with Gasteiger partial charge in [0.05, 0.1) is 24.1 Å². The lowest BCUT2D eigenvalue weighted by Crippen LogP contribution is -2.50. The van der Waals surface area contributed by atoms with Gasteiger partial charge in [-0.2, -0.15) is 5.26 Å². The Hall–Kier alpha value is -2.85. The summed E-state index contributed by atoms with van der Waals surface area (Å²) in [6, 6.07) is 7.16. The Bertz CT molecular complexity index is 930. The molecule has 3 aliphatic rings. The van der Waals surface area contributed by atoms with Gasteiger partial charge < -0.3 is 14.6 Å². The maximum Gasteiger partial charge on any atom is 0.247 e. The van der Waals surface area contributed by atoms with E-state index in [-0.39, 0.29) is 17.7 Å². The molecule has 0 radical (unpaired) electrons. The van der Waals surface area contributed by atoms with Crippen molar-refractivity contribution in [2.75, 3.05) is 6.54 Å². The number of carbonyl (C=O) groups is 1. The van der Waals surface area contributed by atoms with Gasteiger partial charge in [-0.3, -0.25) is 4.79 Å². The first-order valence-electron chi connectivity index (χ1n) is 9.33. The molecule has 7 nitrogen and oxygen atoms in total. The van der Waals surface area contributed by atoms with Crippen molar-refractivity contribution in [2.24, 2.45) is 16.9 Å². The Balaban J connectivity index is 1.69. The van der Waals surface area contributed by atoms with E-state index in [1.807, 2.05) is 6.92 Å². The SMILES string of the molecule is C=C(C)CN1N=C(O[C@@H]2c3cc(C#N)ccc3OC(C)(C)[C@H]2O)[C@@H]2C[C@@H]2C1=O. The van der Waals surface area contributed by atoms with Crippen molar-refractivity contribution in [1.82, 2.24) is 5.01 Å². The molecular weight excluding hydrogens is 358 g/mol. The van der Waals surface area contributed by atoms with Crippen molar-refractivity contribution in [3.8, 4) is 11.8 Å². The number of hydrogen-bond acceptors (Lipinski definition) is 6. The number of benzene rings is 1. The van der Waals surface area contributed by atoms with Gasteiger partial charge in [-0.15, -0.1) is 5.10 Å². The van der Waals surface area contributed by atoms with E-state index in [1.54, 1.807) is 32.0 Å².